The number of fused-ring (bicyclic) bond motifs is 1. The van der Waals surface area contributed by atoms with Crippen LogP contribution in [-0.4, -0.2) is 21.4 Å². The summed E-state index contributed by atoms with van der Waals surface area (Å²) >= 11 is 0. The van der Waals surface area contributed by atoms with Gasteiger partial charge < -0.3 is 16.0 Å². The minimum absolute atomic E-state index is 0.200. The molecule has 3 rings (SSSR count). The predicted octanol–water partition coefficient (Wildman–Crippen LogP) is 1.56. The van der Waals surface area contributed by atoms with Crippen LogP contribution >= 0.6 is 0 Å². The average Bonchev–Trinajstić information content (AvgIpc) is 2.81. The molecule has 116 valence electrons. The number of benzene rings is 2. The van der Waals surface area contributed by atoms with E-state index in [2.05, 4.69) is 10.3 Å². The number of anilines is 2. The minimum Gasteiger partial charge on any atom is -0.399 e. The van der Waals surface area contributed by atoms with E-state index in [1.165, 1.54) is 6.92 Å². The van der Waals surface area contributed by atoms with Gasteiger partial charge in [-0.1, -0.05) is 0 Å². The molecule has 0 spiro atoms. The maximum absolute atomic E-state index is 12.6. The van der Waals surface area contributed by atoms with Crippen LogP contribution in [-0.2, 0) is 4.79 Å². The van der Waals surface area contributed by atoms with Crippen LogP contribution in [0.5, 0.6) is 0 Å². The quantitative estimate of drug-likeness (QED) is 0.624. The number of nitrogens with zero attached hydrogens (tertiary/aromatic N) is 1. The van der Waals surface area contributed by atoms with Crippen LogP contribution in [0.25, 0.3) is 11.0 Å². The highest BCUT2D eigenvalue weighted by Gasteiger charge is 2.16. The molecule has 1 aromatic heterocycles. The van der Waals surface area contributed by atoms with E-state index in [1.807, 2.05) is 0 Å². The van der Waals surface area contributed by atoms with Crippen molar-refractivity contribution in [2.24, 2.45) is 0 Å². The highest BCUT2D eigenvalue weighted by molar-refractivity contribution is 6.01. The monoisotopic (exact) mass is 310 g/mol. The molecule has 0 saturated carbocycles. The molecule has 0 aliphatic heterocycles. The third kappa shape index (κ3) is 2.71. The van der Waals surface area contributed by atoms with Crippen molar-refractivity contribution in [3.05, 3.63) is 58.5 Å². The molecule has 0 fully saturated rings. The van der Waals surface area contributed by atoms with Crippen LogP contribution in [0.1, 0.15) is 17.3 Å². The molecule has 3 aromatic rings. The number of carbonyl (C=O) groups is 2. The second-order valence-electron chi connectivity index (χ2n) is 5.11. The van der Waals surface area contributed by atoms with Crippen molar-refractivity contribution < 1.29 is 9.59 Å². The molecular formula is C16H14N4O3. The Kier molecular flexibility index (Phi) is 3.46. The zero-order valence-corrected chi connectivity index (χ0v) is 12.3. The number of nitrogen functional groups attached to an aromatic ring is 1. The Morgan fingerprint density at radius 1 is 1.13 bits per heavy atom. The van der Waals surface area contributed by atoms with Gasteiger partial charge >= 0.3 is 5.69 Å². The molecule has 7 heteroatoms. The Balaban J connectivity index is 2.02. The average molecular weight is 310 g/mol. The second-order valence-corrected chi connectivity index (χ2v) is 5.11. The lowest BCUT2D eigenvalue weighted by Gasteiger charge is -2.05. The van der Waals surface area contributed by atoms with Crippen molar-refractivity contribution in [2.45, 2.75) is 6.92 Å². The molecule has 0 atom stereocenters. The van der Waals surface area contributed by atoms with Crippen molar-refractivity contribution in [1.82, 2.24) is 9.55 Å². The van der Waals surface area contributed by atoms with Crippen LogP contribution in [0.3, 0.4) is 0 Å². The third-order valence-corrected chi connectivity index (χ3v) is 3.36. The molecule has 0 radical (unpaired) electrons. The molecule has 0 unspecified atom stereocenters. The number of rotatable bonds is 2. The zero-order chi connectivity index (χ0) is 16.6. The number of aromatic nitrogens is 2. The Morgan fingerprint density at radius 3 is 2.48 bits per heavy atom. The van der Waals surface area contributed by atoms with E-state index in [0.29, 0.717) is 28.0 Å². The van der Waals surface area contributed by atoms with Crippen molar-refractivity contribution in [2.75, 3.05) is 11.1 Å². The van der Waals surface area contributed by atoms with Gasteiger partial charge in [0.25, 0.3) is 5.91 Å². The van der Waals surface area contributed by atoms with E-state index in [4.69, 9.17) is 5.73 Å². The van der Waals surface area contributed by atoms with E-state index in [9.17, 15) is 14.4 Å². The summed E-state index contributed by atoms with van der Waals surface area (Å²) in [6, 6.07) is 11.1. The molecule has 0 bridgehead atoms. The van der Waals surface area contributed by atoms with Gasteiger partial charge in [-0.05, 0) is 42.5 Å². The molecule has 23 heavy (non-hydrogen) atoms. The molecule has 0 aliphatic carbocycles. The number of carbonyl (C=O) groups excluding carboxylic acids is 2. The Labute approximate surface area is 130 Å². The largest absolute Gasteiger partial charge is 0.399 e. The summed E-state index contributed by atoms with van der Waals surface area (Å²) in [6.07, 6.45) is 0. The molecule has 4 N–H and O–H groups in total. The molecule has 7 nitrogen and oxygen atoms in total. The normalized spacial score (nSPS) is 10.7. The van der Waals surface area contributed by atoms with Gasteiger partial charge in [0, 0.05) is 23.9 Å². The first-order chi connectivity index (χ1) is 11.0. The Morgan fingerprint density at radius 2 is 1.83 bits per heavy atom. The highest BCUT2D eigenvalue weighted by Crippen LogP contribution is 2.16. The van der Waals surface area contributed by atoms with Gasteiger partial charge in [0.1, 0.15) is 0 Å². The van der Waals surface area contributed by atoms with E-state index >= 15 is 0 Å². The number of aromatic amines is 1. The number of hydrogen-bond acceptors (Lipinski definition) is 4. The number of imidazole rings is 1. The van der Waals surface area contributed by atoms with E-state index in [-0.39, 0.29) is 5.91 Å². The topological polar surface area (TPSA) is 110 Å². The summed E-state index contributed by atoms with van der Waals surface area (Å²) in [4.78, 5) is 38.3. The smallest absolute Gasteiger partial charge is 0.333 e. The van der Waals surface area contributed by atoms with E-state index in [0.717, 1.165) is 4.57 Å². The van der Waals surface area contributed by atoms with E-state index in [1.54, 1.807) is 42.5 Å². The predicted molar refractivity (Wildman–Crippen MR) is 87.4 cm³/mol. The van der Waals surface area contributed by atoms with Crippen molar-refractivity contribution in [3.8, 4) is 0 Å². The number of H-pyrrole nitrogens is 1. The van der Waals surface area contributed by atoms with Crippen molar-refractivity contribution >= 4 is 34.2 Å². The molecule has 0 saturated heterocycles. The highest BCUT2D eigenvalue weighted by atomic mass is 16.2. The second kappa shape index (κ2) is 5.45. The van der Waals surface area contributed by atoms with Gasteiger partial charge in [-0.15, -0.1) is 0 Å². The Hall–Kier alpha value is -3.35. The number of hydrogen-bond donors (Lipinski definition) is 3. The fourth-order valence-electron chi connectivity index (χ4n) is 2.36. The number of nitrogens with two attached hydrogens (primary N) is 1. The minimum atomic E-state index is -0.526. The maximum Gasteiger partial charge on any atom is 0.333 e. The number of amides is 1. The van der Waals surface area contributed by atoms with Gasteiger partial charge in [-0.25, -0.2) is 9.36 Å². The van der Waals surface area contributed by atoms with Gasteiger partial charge in [0.2, 0.25) is 5.91 Å². The summed E-state index contributed by atoms with van der Waals surface area (Å²) in [5.74, 6) is -0.657. The van der Waals surface area contributed by atoms with Gasteiger partial charge in [-0.3, -0.25) is 9.59 Å². The van der Waals surface area contributed by atoms with Crippen molar-refractivity contribution in [3.63, 3.8) is 0 Å². The van der Waals surface area contributed by atoms with Crippen LogP contribution in [0, 0.1) is 0 Å². The van der Waals surface area contributed by atoms with Crippen LogP contribution < -0.4 is 16.7 Å². The third-order valence-electron chi connectivity index (χ3n) is 3.36. The lowest BCUT2D eigenvalue weighted by molar-refractivity contribution is -0.114. The molecule has 2 aromatic carbocycles. The van der Waals surface area contributed by atoms with Crippen LogP contribution in [0.2, 0.25) is 0 Å². The molecule has 0 aliphatic rings. The SMILES string of the molecule is CC(=O)Nc1ccc(C(=O)n2c(=O)[nH]c3cc(N)ccc32)cc1. The lowest BCUT2D eigenvalue weighted by atomic mass is 10.2. The first-order valence-electron chi connectivity index (χ1n) is 6.88. The lowest BCUT2D eigenvalue weighted by Crippen LogP contribution is -2.24. The van der Waals surface area contributed by atoms with Gasteiger partial charge in [-0.2, -0.15) is 0 Å². The molecule has 1 heterocycles. The van der Waals surface area contributed by atoms with Crippen LogP contribution in [0.15, 0.2) is 47.3 Å². The summed E-state index contributed by atoms with van der Waals surface area (Å²) in [5.41, 5.74) is 7.51. The zero-order valence-electron chi connectivity index (χ0n) is 12.3. The standard InChI is InChI=1S/C16H14N4O3/c1-9(21)18-12-5-2-10(3-6-12)15(22)20-14-7-4-11(17)8-13(14)19-16(20)23/h2-8H,17H2,1H3,(H,18,21)(H,19,23). The first-order valence-corrected chi connectivity index (χ1v) is 6.88. The van der Waals surface area contributed by atoms with Crippen molar-refractivity contribution in [1.29, 1.82) is 0 Å². The summed E-state index contributed by atoms with van der Waals surface area (Å²) < 4.78 is 1.06. The number of nitrogens with one attached hydrogen (secondary N) is 2. The fourth-order valence-corrected chi connectivity index (χ4v) is 2.36. The Bertz CT molecular complexity index is 967. The van der Waals surface area contributed by atoms with Gasteiger partial charge in [0.05, 0.1) is 11.0 Å². The fraction of sp³-hybridized carbons (Fsp3) is 0.0625. The maximum atomic E-state index is 12.6. The van der Waals surface area contributed by atoms with Crippen LogP contribution in [0.4, 0.5) is 11.4 Å². The summed E-state index contributed by atoms with van der Waals surface area (Å²) in [6.45, 7) is 1.40. The van der Waals surface area contributed by atoms with E-state index < -0.39 is 11.6 Å². The van der Waals surface area contributed by atoms with Gasteiger partial charge in [0.15, 0.2) is 0 Å². The molecular weight excluding hydrogens is 296 g/mol. The first kappa shape index (κ1) is 14.6. The molecule has 1 amide bonds. The summed E-state index contributed by atoms with van der Waals surface area (Å²) in [7, 11) is 0. The summed E-state index contributed by atoms with van der Waals surface area (Å²) in [5, 5.41) is 2.61.